The third kappa shape index (κ3) is 7.06. The normalized spacial score (nSPS) is 17.1. The van der Waals surface area contributed by atoms with Gasteiger partial charge in [-0.05, 0) is 48.5 Å². The fourth-order valence-electron chi connectivity index (χ4n) is 3.59. The number of rotatable bonds is 6. The van der Waals surface area contributed by atoms with E-state index >= 15 is 0 Å². The molecule has 0 fully saturated rings. The number of ether oxygens (including phenoxy) is 1. The molecular formula is C25H27N3O7. The first-order chi connectivity index (χ1) is 16.8. The SMILES string of the molecule is CN1CCC(Oc2ccccc2)c2ccc(-c3cccnn3)cc2C1.O=C(O)C(O)C(O)C(=O)O. The van der Waals surface area contributed by atoms with Gasteiger partial charge < -0.3 is 30.1 Å². The molecule has 1 aromatic heterocycles. The number of aromatic nitrogens is 2. The highest BCUT2D eigenvalue weighted by Gasteiger charge is 2.29. The minimum atomic E-state index is -2.27. The first kappa shape index (κ1) is 25.8. The third-order valence-electron chi connectivity index (χ3n) is 5.40. The number of aliphatic carboxylic acids is 2. The molecule has 4 rings (SSSR count). The molecule has 10 nitrogen and oxygen atoms in total. The number of carboxylic acids is 2. The van der Waals surface area contributed by atoms with E-state index in [1.807, 2.05) is 42.5 Å². The summed E-state index contributed by atoms with van der Waals surface area (Å²) in [4.78, 5) is 21.9. The molecule has 3 aromatic rings. The predicted molar refractivity (Wildman–Crippen MR) is 126 cm³/mol. The third-order valence-corrected chi connectivity index (χ3v) is 5.40. The van der Waals surface area contributed by atoms with Gasteiger partial charge >= 0.3 is 11.9 Å². The Morgan fingerprint density at radius 1 is 1.00 bits per heavy atom. The van der Waals surface area contributed by atoms with Crippen molar-refractivity contribution in [3.63, 3.8) is 0 Å². The Labute approximate surface area is 202 Å². The number of carboxylic acid groups (broad SMARTS) is 2. The van der Waals surface area contributed by atoms with E-state index in [9.17, 15) is 9.59 Å². The molecule has 4 N–H and O–H groups in total. The number of benzene rings is 2. The molecular weight excluding hydrogens is 454 g/mol. The van der Waals surface area contributed by atoms with E-state index in [1.165, 1.54) is 11.1 Å². The van der Waals surface area contributed by atoms with E-state index in [2.05, 4.69) is 40.3 Å². The van der Waals surface area contributed by atoms with Crippen molar-refractivity contribution in [3.8, 4) is 17.0 Å². The van der Waals surface area contributed by atoms with E-state index in [0.717, 1.165) is 36.5 Å². The van der Waals surface area contributed by atoms with Crippen LogP contribution < -0.4 is 4.74 Å². The molecule has 0 amide bonds. The molecule has 2 aromatic carbocycles. The first-order valence-corrected chi connectivity index (χ1v) is 10.9. The van der Waals surface area contributed by atoms with Crippen molar-refractivity contribution >= 4 is 11.9 Å². The van der Waals surface area contributed by atoms with Crippen LogP contribution in [0.25, 0.3) is 11.3 Å². The highest BCUT2D eigenvalue weighted by atomic mass is 16.5. The van der Waals surface area contributed by atoms with Crippen molar-refractivity contribution in [1.29, 1.82) is 0 Å². The minimum Gasteiger partial charge on any atom is -0.486 e. The van der Waals surface area contributed by atoms with Crippen LogP contribution >= 0.6 is 0 Å². The number of para-hydroxylation sites is 1. The van der Waals surface area contributed by atoms with Crippen molar-refractivity contribution < 1.29 is 34.8 Å². The first-order valence-electron chi connectivity index (χ1n) is 10.9. The molecule has 0 spiro atoms. The van der Waals surface area contributed by atoms with Crippen LogP contribution in [0.3, 0.4) is 0 Å². The maximum atomic E-state index is 9.77. The van der Waals surface area contributed by atoms with Crippen LogP contribution in [0.4, 0.5) is 0 Å². The predicted octanol–water partition coefficient (Wildman–Crippen LogP) is 1.98. The number of aliphatic hydroxyl groups excluding tert-OH is 2. The summed E-state index contributed by atoms with van der Waals surface area (Å²) in [5, 5.41) is 40.8. The van der Waals surface area contributed by atoms with Gasteiger partial charge in [0.1, 0.15) is 11.9 Å². The summed E-state index contributed by atoms with van der Waals surface area (Å²) in [6.45, 7) is 1.92. The lowest BCUT2D eigenvalue weighted by molar-refractivity contribution is -0.165. The van der Waals surface area contributed by atoms with Crippen LogP contribution in [0.1, 0.15) is 23.7 Å². The van der Waals surface area contributed by atoms with Gasteiger partial charge in [-0.1, -0.05) is 30.3 Å². The number of aliphatic hydroxyl groups is 2. The second kappa shape index (κ2) is 12.0. The van der Waals surface area contributed by atoms with Crippen molar-refractivity contribution in [1.82, 2.24) is 15.1 Å². The number of hydrogen-bond acceptors (Lipinski definition) is 8. The summed E-state index contributed by atoms with van der Waals surface area (Å²) in [6.07, 6.45) is -1.79. The molecule has 0 saturated heterocycles. The standard InChI is InChI=1S/C21H21N3O.C4H6O6/c1-24-13-11-21(25-18-6-3-2-4-7-18)19-10-9-16(14-17(19)15-24)20-8-5-12-22-23-20;5-1(3(7)8)2(6)4(9)10/h2-10,12,14,21H,11,13,15H2,1H3;1-2,5-6H,(H,7,8)(H,9,10). The Balaban J connectivity index is 0.000000292. The van der Waals surface area contributed by atoms with Gasteiger partial charge in [-0.2, -0.15) is 10.2 Å². The van der Waals surface area contributed by atoms with Gasteiger partial charge in [0.15, 0.2) is 12.2 Å². The average Bonchev–Trinajstić information content (AvgIpc) is 3.02. The lowest BCUT2D eigenvalue weighted by Crippen LogP contribution is -2.39. The zero-order valence-electron chi connectivity index (χ0n) is 19.1. The van der Waals surface area contributed by atoms with Gasteiger partial charge in [-0.25, -0.2) is 9.59 Å². The average molecular weight is 482 g/mol. The molecule has 0 aliphatic carbocycles. The zero-order valence-corrected chi connectivity index (χ0v) is 19.1. The van der Waals surface area contributed by atoms with Crippen LogP contribution in [-0.2, 0) is 16.1 Å². The summed E-state index contributed by atoms with van der Waals surface area (Å²) in [5.74, 6) is -2.62. The molecule has 1 aliphatic rings. The van der Waals surface area contributed by atoms with Crippen LogP contribution in [-0.4, -0.2) is 73.3 Å². The van der Waals surface area contributed by atoms with E-state index in [1.54, 1.807) is 6.20 Å². The summed E-state index contributed by atoms with van der Waals surface area (Å²) in [7, 11) is 2.16. The Morgan fingerprint density at radius 3 is 2.29 bits per heavy atom. The number of nitrogens with zero attached hydrogens (tertiary/aromatic N) is 3. The Bertz CT molecular complexity index is 1110. The highest BCUT2D eigenvalue weighted by molar-refractivity contribution is 5.83. The molecule has 1 aliphatic heterocycles. The molecule has 0 bridgehead atoms. The van der Waals surface area contributed by atoms with E-state index in [-0.39, 0.29) is 6.10 Å². The van der Waals surface area contributed by atoms with Gasteiger partial charge in [0.05, 0.1) is 5.69 Å². The van der Waals surface area contributed by atoms with Crippen LogP contribution in [0.5, 0.6) is 5.75 Å². The topological polar surface area (TPSA) is 153 Å². The summed E-state index contributed by atoms with van der Waals surface area (Å²) >= 11 is 0. The van der Waals surface area contributed by atoms with E-state index < -0.39 is 24.1 Å². The molecule has 3 unspecified atom stereocenters. The molecule has 184 valence electrons. The maximum absolute atomic E-state index is 9.77. The van der Waals surface area contributed by atoms with Crippen molar-refractivity contribution in [2.75, 3.05) is 13.6 Å². The summed E-state index contributed by atoms with van der Waals surface area (Å²) < 4.78 is 6.30. The minimum absolute atomic E-state index is 0.0678. The highest BCUT2D eigenvalue weighted by Crippen LogP contribution is 2.33. The van der Waals surface area contributed by atoms with Gasteiger partial charge in [-0.15, -0.1) is 0 Å². The molecule has 0 saturated carbocycles. The molecule has 0 radical (unpaired) electrons. The quantitative estimate of drug-likeness (QED) is 0.411. The largest absolute Gasteiger partial charge is 0.486 e. The molecule has 35 heavy (non-hydrogen) atoms. The van der Waals surface area contributed by atoms with Crippen LogP contribution in [0.15, 0.2) is 66.9 Å². The zero-order chi connectivity index (χ0) is 25.4. The van der Waals surface area contributed by atoms with Crippen LogP contribution in [0, 0.1) is 0 Å². The molecule has 10 heteroatoms. The lowest BCUT2D eigenvalue weighted by atomic mass is 9.97. The Morgan fingerprint density at radius 2 is 1.69 bits per heavy atom. The smallest absolute Gasteiger partial charge is 0.335 e. The second-order valence-corrected chi connectivity index (χ2v) is 8.03. The van der Waals surface area contributed by atoms with E-state index in [4.69, 9.17) is 25.2 Å². The molecule has 3 atom stereocenters. The number of hydrogen-bond donors (Lipinski definition) is 4. The second-order valence-electron chi connectivity index (χ2n) is 8.03. The summed E-state index contributed by atoms with van der Waals surface area (Å²) in [5.41, 5.74) is 4.56. The van der Waals surface area contributed by atoms with Crippen LogP contribution in [0.2, 0.25) is 0 Å². The number of carbonyl (C=O) groups is 2. The Hall–Kier alpha value is -3.86. The van der Waals surface area contributed by atoms with Crippen molar-refractivity contribution in [2.45, 2.75) is 31.3 Å². The summed E-state index contributed by atoms with van der Waals surface area (Å²) in [6, 6.07) is 20.5. The monoisotopic (exact) mass is 481 g/mol. The van der Waals surface area contributed by atoms with Gasteiger partial charge in [0.2, 0.25) is 0 Å². The lowest BCUT2D eigenvalue weighted by Gasteiger charge is -2.20. The maximum Gasteiger partial charge on any atom is 0.335 e. The van der Waals surface area contributed by atoms with E-state index in [0.29, 0.717) is 0 Å². The molecule has 2 heterocycles. The van der Waals surface area contributed by atoms with Gasteiger partial charge in [-0.3, -0.25) is 0 Å². The van der Waals surface area contributed by atoms with Gasteiger partial charge in [0.25, 0.3) is 0 Å². The number of fused-ring (bicyclic) bond motifs is 1. The fourth-order valence-corrected chi connectivity index (χ4v) is 3.59. The Kier molecular flexibility index (Phi) is 8.85. The fraction of sp³-hybridized carbons (Fsp3) is 0.280. The van der Waals surface area contributed by atoms with Crippen molar-refractivity contribution in [3.05, 3.63) is 78.0 Å². The van der Waals surface area contributed by atoms with Gasteiger partial charge in [0, 0.05) is 31.3 Å². The van der Waals surface area contributed by atoms with Crippen molar-refractivity contribution in [2.24, 2.45) is 0 Å².